The zero-order valence-corrected chi connectivity index (χ0v) is 32.1. The second-order valence-corrected chi connectivity index (χ2v) is 15.2. The second kappa shape index (κ2) is 20.7. The monoisotopic (exact) mass is 790 g/mol. The lowest BCUT2D eigenvalue weighted by atomic mass is 9.90. The number of ether oxygens (including phenoxy) is 2. The summed E-state index contributed by atoms with van der Waals surface area (Å²) in [7, 11) is 0. The van der Waals surface area contributed by atoms with Gasteiger partial charge in [-0.25, -0.2) is 19.2 Å². The molecule has 3 aliphatic rings. The van der Waals surface area contributed by atoms with Crippen LogP contribution in [0.5, 0.6) is 17.2 Å². The summed E-state index contributed by atoms with van der Waals surface area (Å²) in [5.41, 5.74) is 3.76. The first-order valence-corrected chi connectivity index (χ1v) is 19.9. The molecule has 5 N–H and O–H groups in total. The van der Waals surface area contributed by atoms with Gasteiger partial charge in [-0.05, 0) is 154 Å². The Morgan fingerprint density at radius 3 is 1.89 bits per heavy atom. The summed E-state index contributed by atoms with van der Waals surface area (Å²) < 4.78 is 13.9. The predicted molar refractivity (Wildman–Crippen MR) is 212 cm³/mol. The van der Waals surface area contributed by atoms with Crippen LogP contribution in [-0.2, 0) is 25.6 Å². The molecule has 300 valence electrons. The van der Waals surface area contributed by atoms with Gasteiger partial charge in [-0.2, -0.15) is 0 Å². The molecule has 0 bridgehead atoms. The van der Waals surface area contributed by atoms with Crippen LogP contribution in [0.15, 0.2) is 66.7 Å². The Hall–Kier alpha value is -5.18. The fourth-order valence-corrected chi connectivity index (χ4v) is 8.76. The number of nitrogens with zero attached hydrogens (tertiary/aromatic N) is 2. The number of carboxylic acids is 4. The standard InChI is InChI=1S/C38H46N2O3S.2C2H2O4/c41-30-14-19-33-34(38(44-37(33)27-30)29-12-17-31(18-13-29)42-25-24-39-20-6-7-21-39)26-28-10-15-32(16-11-28)43-36-9-3-2-8-35(36)40-22-4-1-5-23-40;2*3-1(4)2(5)6/h10-19,27,35-36,41H,1-9,20-26H2;2*(H,3,4)(H,5,6)/t35-,36-;;/m1../s1. The molecule has 3 aromatic carbocycles. The molecule has 7 rings (SSSR count). The lowest BCUT2D eigenvalue weighted by molar-refractivity contribution is -0.159. The summed E-state index contributed by atoms with van der Waals surface area (Å²) in [5.74, 6) is -5.08. The van der Waals surface area contributed by atoms with Gasteiger partial charge < -0.3 is 35.0 Å². The van der Waals surface area contributed by atoms with Crippen molar-refractivity contribution in [2.24, 2.45) is 0 Å². The number of phenolic OH excluding ortho intramolecular Hbond substituents is 1. The largest absolute Gasteiger partial charge is 0.508 e. The smallest absolute Gasteiger partial charge is 0.414 e. The Balaban J connectivity index is 0.000000437. The molecule has 14 heteroatoms. The van der Waals surface area contributed by atoms with Gasteiger partial charge in [-0.3, -0.25) is 9.80 Å². The highest BCUT2D eigenvalue weighted by Crippen LogP contribution is 2.42. The van der Waals surface area contributed by atoms with E-state index in [9.17, 15) is 5.11 Å². The van der Waals surface area contributed by atoms with E-state index in [1.165, 1.54) is 104 Å². The van der Waals surface area contributed by atoms with Gasteiger partial charge in [0.2, 0.25) is 0 Å². The van der Waals surface area contributed by atoms with Gasteiger partial charge in [0, 0.05) is 22.2 Å². The first-order chi connectivity index (χ1) is 27.0. The van der Waals surface area contributed by atoms with Crippen LogP contribution in [0.25, 0.3) is 20.5 Å². The number of carboxylic acid groups (broad SMARTS) is 4. The van der Waals surface area contributed by atoms with Gasteiger partial charge in [-0.15, -0.1) is 11.3 Å². The number of rotatable bonds is 10. The molecule has 0 spiro atoms. The Morgan fingerprint density at radius 2 is 1.27 bits per heavy atom. The summed E-state index contributed by atoms with van der Waals surface area (Å²) in [6.07, 6.45) is 12.8. The highest BCUT2D eigenvalue weighted by molar-refractivity contribution is 7.22. The van der Waals surface area contributed by atoms with E-state index in [0.29, 0.717) is 17.9 Å². The van der Waals surface area contributed by atoms with Crippen LogP contribution in [0.4, 0.5) is 0 Å². The number of hydrogen-bond donors (Lipinski definition) is 5. The van der Waals surface area contributed by atoms with Crippen molar-refractivity contribution in [3.8, 4) is 27.7 Å². The molecule has 13 nitrogen and oxygen atoms in total. The van der Waals surface area contributed by atoms with Crippen LogP contribution < -0.4 is 9.47 Å². The number of aliphatic carboxylic acids is 4. The number of phenols is 1. The quantitative estimate of drug-likeness (QED) is 0.105. The SMILES string of the molecule is O=C(O)C(=O)O.O=C(O)C(=O)O.Oc1ccc2c(Cc3ccc(O[C@@H]4CCCC[C@H]4N4CCCCC4)cc3)c(-c3ccc(OCCN4CCCC4)cc3)sc2c1. The van der Waals surface area contributed by atoms with E-state index >= 15 is 0 Å². The predicted octanol–water partition coefficient (Wildman–Crippen LogP) is 6.83. The maximum absolute atomic E-state index is 10.2. The number of thiophene rings is 1. The van der Waals surface area contributed by atoms with E-state index in [1.54, 1.807) is 17.4 Å². The molecule has 56 heavy (non-hydrogen) atoms. The number of piperidine rings is 1. The van der Waals surface area contributed by atoms with Gasteiger partial charge >= 0.3 is 23.9 Å². The van der Waals surface area contributed by atoms with Crippen LogP contribution in [0.3, 0.4) is 0 Å². The lowest BCUT2D eigenvalue weighted by Gasteiger charge is -2.41. The summed E-state index contributed by atoms with van der Waals surface area (Å²) >= 11 is 1.75. The molecular weight excluding hydrogens is 741 g/mol. The van der Waals surface area contributed by atoms with Crippen LogP contribution in [-0.4, -0.2) is 111 Å². The maximum atomic E-state index is 10.2. The van der Waals surface area contributed by atoms with Crippen molar-refractivity contribution in [1.29, 1.82) is 0 Å². The Labute approximate surface area is 329 Å². The van der Waals surface area contributed by atoms with Gasteiger partial charge in [0.25, 0.3) is 0 Å². The molecule has 2 aliphatic heterocycles. The van der Waals surface area contributed by atoms with Gasteiger partial charge in [0.15, 0.2) is 0 Å². The molecule has 4 aromatic rings. The van der Waals surface area contributed by atoms with Crippen LogP contribution in [0.1, 0.15) is 68.9 Å². The average molecular weight is 791 g/mol. The zero-order valence-electron chi connectivity index (χ0n) is 31.3. The van der Waals surface area contributed by atoms with Crippen molar-refractivity contribution in [1.82, 2.24) is 9.80 Å². The van der Waals surface area contributed by atoms with E-state index in [0.717, 1.165) is 42.2 Å². The molecule has 1 aliphatic carbocycles. The number of carbonyl (C=O) groups is 4. The fourth-order valence-electron chi connectivity index (χ4n) is 7.50. The Bertz CT molecular complexity index is 1870. The van der Waals surface area contributed by atoms with Gasteiger partial charge in [0.05, 0.1) is 0 Å². The highest BCUT2D eigenvalue weighted by atomic mass is 32.1. The van der Waals surface area contributed by atoms with Crippen molar-refractivity contribution in [2.45, 2.75) is 76.4 Å². The minimum Gasteiger partial charge on any atom is -0.508 e. The summed E-state index contributed by atoms with van der Waals surface area (Å²) in [4.78, 5) is 42.8. The number of aromatic hydroxyl groups is 1. The summed E-state index contributed by atoms with van der Waals surface area (Å²) in [5, 5.41) is 41.0. The molecule has 3 heterocycles. The van der Waals surface area contributed by atoms with Crippen molar-refractivity contribution < 1.29 is 54.2 Å². The second-order valence-electron chi connectivity index (χ2n) is 14.2. The topological polar surface area (TPSA) is 194 Å². The van der Waals surface area contributed by atoms with E-state index in [-0.39, 0.29) is 0 Å². The number of benzene rings is 3. The first-order valence-electron chi connectivity index (χ1n) is 19.1. The lowest BCUT2D eigenvalue weighted by Crippen LogP contribution is -2.49. The Morgan fingerprint density at radius 1 is 0.679 bits per heavy atom. The van der Waals surface area contributed by atoms with Gasteiger partial charge in [0.1, 0.15) is 30.0 Å². The molecule has 2 atom stereocenters. The van der Waals surface area contributed by atoms with Crippen molar-refractivity contribution in [3.05, 3.63) is 77.9 Å². The molecule has 1 saturated carbocycles. The third-order valence-corrected chi connectivity index (χ3v) is 11.5. The fraction of sp³-hybridized carbons (Fsp3) is 0.429. The minimum atomic E-state index is -1.82. The minimum absolute atomic E-state index is 0.292. The van der Waals surface area contributed by atoms with Crippen LogP contribution in [0.2, 0.25) is 0 Å². The molecule has 3 fully saturated rings. The maximum Gasteiger partial charge on any atom is 0.414 e. The van der Waals surface area contributed by atoms with E-state index < -0.39 is 23.9 Å². The van der Waals surface area contributed by atoms with Crippen molar-refractivity contribution in [2.75, 3.05) is 39.3 Å². The number of likely N-dealkylation sites (tertiary alicyclic amines) is 2. The zero-order chi connectivity index (χ0) is 40.0. The molecule has 1 aromatic heterocycles. The summed E-state index contributed by atoms with van der Waals surface area (Å²) in [6.45, 7) is 6.57. The van der Waals surface area contributed by atoms with Crippen molar-refractivity contribution >= 4 is 45.3 Å². The normalized spacial score (nSPS) is 18.5. The van der Waals surface area contributed by atoms with E-state index in [2.05, 4.69) is 64.4 Å². The number of fused-ring (bicyclic) bond motifs is 1. The van der Waals surface area contributed by atoms with Crippen LogP contribution in [0, 0.1) is 0 Å². The summed E-state index contributed by atoms with van der Waals surface area (Å²) in [6, 6.07) is 23.7. The van der Waals surface area contributed by atoms with Gasteiger partial charge in [-0.1, -0.05) is 25.0 Å². The number of hydrogen-bond acceptors (Lipinski definition) is 10. The Kier molecular flexibility index (Phi) is 15.5. The molecule has 2 saturated heterocycles. The van der Waals surface area contributed by atoms with E-state index in [4.69, 9.17) is 49.1 Å². The molecule has 0 unspecified atom stereocenters. The third kappa shape index (κ3) is 12.2. The highest BCUT2D eigenvalue weighted by Gasteiger charge is 2.32. The van der Waals surface area contributed by atoms with Crippen molar-refractivity contribution in [3.63, 3.8) is 0 Å². The third-order valence-electron chi connectivity index (χ3n) is 10.3. The molecular formula is C42H50N2O11S. The first kappa shape index (κ1) is 42.0. The molecule has 0 radical (unpaired) electrons. The molecule has 0 amide bonds. The van der Waals surface area contributed by atoms with E-state index in [1.807, 2.05) is 6.07 Å². The average Bonchev–Trinajstić information content (AvgIpc) is 3.85. The van der Waals surface area contributed by atoms with Crippen LogP contribution >= 0.6 is 11.3 Å².